The lowest BCUT2D eigenvalue weighted by Crippen LogP contribution is -2.28. The molecule has 0 unspecified atom stereocenters. The molecule has 0 aromatic carbocycles. The van der Waals surface area contributed by atoms with Crippen molar-refractivity contribution >= 4 is 5.97 Å². The van der Waals surface area contributed by atoms with Gasteiger partial charge >= 0.3 is 5.97 Å². The molecule has 5 nitrogen and oxygen atoms in total. The quantitative estimate of drug-likeness (QED) is 0.816. The fraction of sp³-hybridized carbons (Fsp3) is 0.692. The summed E-state index contributed by atoms with van der Waals surface area (Å²) in [6.45, 7) is 7.41. The summed E-state index contributed by atoms with van der Waals surface area (Å²) < 4.78 is 10.7. The number of carbonyl (C=O) groups excluding carboxylic acids is 1. The number of nitrogens with zero attached hydrogens (tertiary/aromatic N) is 1. The highest BCUT2D eigenvalue weighted by molar-refractivity contribution is 5.88. The second-order valence-corrected chi connectivity index (χ2v) is 5.59. The summed E-state index contributed by atoms with van der Waals surface area (Å²) in [5, 5.41) is 3.29. The van der Waals surface area contributed by atoms with E-state index in [9.17, 15) is 4.79 Å². The summed E-state index contributed by atoms with van der Waals surface area (Å²) in [5.41, 5.74) is -0.182. The first-order valence-corrected chi connectivity index (χ1v) is 6.35. The number of hydrogen-bond donors (Lipinski definition) is 1. The summed E-state index contributed by atoms with van der Waals surface area (Å²) in [6.07, 6.45) is 3.26. The van der Waals surface area contributed by atoms with Crippen LogP contribution in [-0.2, 0) is 4.74 Å². The number of rotatable bonds is 2. The number of carbonyl (C=O) groups is 1. The maximum atomic E-state index is 12.0. The molecular weight excluding hydrogens is 232 g/mol. The zero-order valence-corrected chi connectivity index (χ0v) is 11.2. The summed E-state index contributed by atoms with van der Waals surface area (Å²) in [7, 11) is 0. The van der Waals surface area contributed by atoms with E-state index in [1.165, 1.54) is 6.39 Å². The maximum Gasteiger partial charge on any atom is 0.361 e. The topological polar surface area (TPSA) is 64.4 Å². The molecule has 0 saturated carbocycles. The molecule has 1 aromatic rings. The number of piperidine rings is 1. The highest BCUT2D eigenvalue weighted by atomic mass is 16.6. The van der Waals surface area contributed by atoms with Gasteiger partial charge < -0.3 is 14.5 Å². The first kappa shape index (κ1) is 13.1. The van der Waals surface area contributed by atoms with Crippen LogP contribution in [0.4, 0.5) is 0 Å². The Morgan fingerprint density at radius 3 is 2.72 bits per heavy atom. The molecule has 1 aliphatic rings. The minimum atomic E-state index is -0.512. The predicted octanol–water partition coefficient (Wildman–Crippen LogP) is 2.10. The van der Waals surface area contributed by atoms with Crippen molar-refractivity contribution in [2.24, 2.45) is 0 Å². The molecule has 0 bridgehead atoms. The molecule has 0 aliphatic carbocycles. The Kier molecular flexibility index (Phi) is 3.71. The molecule has 0 amide bonds. The average Bonchev–Trinajstić information content (AvgIpc) is 2.76. The Balaban J connectivity index is 2.14. The molecule has 0 spiro atoms. The number of hydrogen-bond acceptors (Lipinski definition) is 5. The van der Waals surface area contributed by atoms with Crippen LogP contribution in [0.15, 0.2) is 10.8 Å². The summed E-state index contributed by atoms with van der Waals surface area (Å²) in [5.74, 6) is 0.534. The molecule has 0 atom stereocenters. The normalized spacial score (nSPS) is 17.7. The summed E-state index contributed by atoms with van der Waals surface area (Å²) >= 11 is 0. The van der Waals surface area contributed by atoms with Gasteiger partial charge in [0.25, 0.3) is 0 Å². The van der Waals surface area contributed by atoms with Gasteiger partial charge in [-0.05, 0) is 46.7 Å². The van der Waals surface area contributed by atoms with Crippen molar-refractivity contribution in [3.63, 3.8) is 0 Å². The number of ether oxygens (including phenoxy) is 1. The van der Waals surface area contributed by atoms with Crippen molar-refractivity contribution < 1.29 is 13.9 Å². The van der Waals surface area contributed by atoms with E-state index in [2.05, 4.69) is 10.3 Å². The van der Waals surface area contributed by atoms with E-state index < -0.39 is 11.6 Å². The molecule has 1 aromatic heterocycles. The van der Waals surface area contributed by atoms with Crippen molar-refractivity contribution in [3.05, 3.63) is 17.8 Å². The number of aromatic nitrogens is 1. The third-order valence-corrected chi connectivity index (χ3v) is 2.90. The number of nitrogens with one attached hydrogen (secondary N) is 1. The fourth-order valence-electron chi connectivity index (χ4n) is 2.11. The highest BCUT2D eigenvalue weighted by Crippen LogP contribution is 2.28. The molecule has 1 N–H and O–H groups in total. The van der Waals surface area contributed by atoms with Gasteiger partial charge in [-0.15, -0.1) is 0 Å². The predicted molar refractivity (Wildman–Crippen MR) is 66.5 cm³/mol. The van der Waals surface area contributed by atoms with E-state index in [4.69, 9.17) is 9.15 Å². The van der Waals surface area contributed by atoms with Crippen LogP contribution >= 0.6 is 0 Å². The van der Waals surface area contributed by atoms with Gasteiger partial charge in [0.2, 0.25) is 0 Å². The SMILES string of the molecule is CC(C)(C)OC(=O)c1ncoc1C1CCNCC1. The molecule has 18 heavy (non-hydrogen) atoms. The van der Waals surface area contributed by atoms with Crippen LogP contribution in [0.3, 0.4) is 0 Å². The van der Waals surface area contributed by atoms with Gasteiger partial charge in [-0.3, -0.25) is 0 Å². The van der Waals surface area contributed by atoms with Gasteiger partial charge in [0.15, 0.2) is 12.1 Å². The van der Waals surface area contributed by atoms with Crippen LogP contribution in [0.25, 0.3) is 0 Å². The smallest absolute Gasteiger partial charge is 0.361 e. The van der Waals surface area contributed by atoms with E-state index in [1.54, 1.807) is 0 Å². The average molecular weight is 252 g/mol. The van der Waals surface area contributed by atoms with Crippen molar-refractivity contribution in [2.45, 2.75) is 45.1 Å². The van der Waals surface area contributed by atoms with Gasteiger partial charge in [0.1, 0.15) is 11.4 Å². The molecule has 0 radical (unpaired) electrons. The molecule has 1 aliphatic heterocycles. The molecule has 5 heteroatoms. The van der Waals surface area contributed by atoms with E-state index in [1.807, 2.05) is 20.8 Å². The first-order valence-electron chi connectivity index (χ1n) is 6.35. The molecule has 2 rings (SSSR count). The standard InChI is InChI=1S/C13H20N2O3/c1-13(2,3)18-12(16)10-11(17-8-15-10)9-4-6-14-7-5-9/h8-9,14H,4-7H2,1-3H3. The van der Waals surface area contributed by atoms with Crippen molar-refractivity contribution in [2.75, 3.05) is 13.1 Å². The third-order valence-electron chi connectivity index (χ3n) is 2.90. The van der Waals surface area contributed by atoms with Gasteiger partial charge in [-0.2, -0.15) is 0 Å². The number of esters is 1. The van der Waals surface area contributed by atoms with E-state index in [0.29, 0.717) is 11.5 Å². The third kappa shape index (κ3) is 3.10. The zero-order valence-electron chi connectivity index (χ0n) is 11.2. The summed E-state index contributed by atoms with van der Waals surface area (Å²) in [4.78, 5) is 16.0. The van der Waals surface area contributed by atoms with Crippen molar-refractivity contribution in [1.29, 1.82) is 0 Å². The number of oxazole rings is 1. The first-order chi connectivity index (χ1) is 8.47. The highest BCUT2D eigenvalue weighted by Gasteiger charge is 2.28. The second kappa shape index (κ2) is 5.10. The van der Waals surface area contributed by atoms with Crippen LogP contribution < -0.4 is 5.32 Å². The second-order valence-electron chi connectivity index (χ2n) is 5.59. The lowest BCUT2D eigenvalue weighted by Gasteiger charge is -2.22. The minimum absolute atomic E-state index is 0.260. The lowest BCUT2D eigenvalue weighted by atomic mass is 9.94. The molecule has 1 fully saturated rings. The minimum Gasteiger partial charge on any atom is -0.455 e. The lowest BCUT2D eigenvalue weighted by molar-refractivity contribution is 0.00602. The van der Waals surface area contributed by atoms with Crippen LogP contribution in [0.2, 0.25) is 0 Å². The Morgan fingerprint density at radius 1 is 1.44 bits per heavy atom. The van der Waals surface area contributed by atoms with Gasteiger partial charge in [0, 0.05) is 5.92 Å². The van der Waals surface area contributed by atoms with Gasteiger partial charge in [0.05, 0.1) is 0 Å². The van der Waals surface area contributed by atoms with Gasteiger partial charge in [-0.25, -0.2) is 9.78 Å². The van der Waals surface area contributed by atoms with Gasteiger partial charge in [-0.1, -0.05) is 0 Å². The maximum absolute atomic E-state index is 12.0. The van der Waals surface area contributed by atoms with Crippen LogP contribution in [0.1, 0.15) is 55.8 Å². The Hall–Kier alpha value is -1.36. The monoisotopic (exact) mass is 252 g/mol. The fourth-order valence-corrected chi connectivity index (χ4v) is 2.11. The van der Waals surface area contributed by atoms with Crippen LogP contribution in [0, 0.1) is 0 Å². The molecule has 1 saturated heterocycles. The largest absolute Gasteiger partial charge is 0.455 e. The Bertz CT molecular complexity index is 414. The summed E-state index contributed by atoms with van der Waals surface area (Å²) in [6, 6.07) is 0. The van der Waals surface area contributed by atoms with E-state index >= 15 is 0 Å². The Morgan fingerprint density at radius 2 is 2.11 bits per heavy atom. The zero-order chi connectivity index (χ0) is 13.2. The van der Waals surface area contributed by atoms with Crippen molar-refractivity contribution in [3.8, 4) is 0 Å². The molecule has 100 valence electrons. The van der Waals surface area contributed by atoms with Crippen LogP contribution in [0.5, 0.6) is 0 Å². The Labute approximate surface area is 107 Å². The van der Waals surface area contributed by atoms with Crippen molar-refractivity contribution in [1.82, 2.24) is 10.3 Å². The van der Waals surface area contributed by atoms with E-state index in [0.717, 1.165) is 25.9 Å². The van der Waals surface area contributed by atoms with Crippen LogP contribution in [-0.4, -0.2) is 29.6 Å². The van der Waals surface area contributed by atoms with E-state index in [-0.39, 0.29) is 5.92 Å². The molecular formula is C13H20N2O3. The molecule has 2 heterocycles.